The lowest BCUT2D eigenvalue weighted by atomic mass is 10.1. The van der Waals surface area contributed by atoms with Crippen molar-refractivity contribution in [3.63, 3.8) is 0 Å². The van der Waals surface area contributed by atoms with Gasteiger partial charge in [0.1, 0.15) is 17.1 Å². The smallest absolute Gasteiger partial charge is 0.294 e. The van der Waals surface area contributed by atoms with E-state index in [1.807, 2.05) is 23.9 Å². The van der Waals surface area contributed by atoms with Gasteiger partial charge in [-0.05, 0) is 26.2 Å². The number of methoxy groups -OCH3 is 1. The van der Waals surface area contributed by atoms with Gasteiger partial charge in [-0.25, -0.2) is 4.98 Å². The summed E-state index contributed by atoms with van der Waals surface area (Å²) in [4.78, 5) is 37.2. The van der Waals surface area contributed by atoms with Crippen LogP contribution in [0.3, 0.4) is 0 Å². The molecule has 4 rings (SSSR count). The van der Waals surface area contributed by atoms with Crippen LogP contribution in [0.2, 0.25) is 0 Å². The number of hydrogen-bond acceptors (Lipinski definition) is 10. The summed E-state index contributed by atoms with van der Waals surface area (Å²) < 4.78 is 8.57. The van der Waals surface area contributed by atoms with Crippen molar-refractivity contribution in [2.24, 2.45) is 14.1 Å². The summed E-state index contributed by atoms with van der Waals surface area (Å²) in [6.07, 6.45) is 3.35. The van der Waals surface area contributed by atoms with Gasteiger partial charge in [-0.3, -0.25) is 24.2 Å². The molecular formula is C24H29N9O4. The standard InChI is InChI=1S/C24H29N9O4/c1-29(2)9-10-30(3)19-13-21(37-6)18(12-20(19)33(35)36)26-24-25-14-15-11-16(17-7-8-31(4)28-17)23(34)32(5)22(15)27-24/h7-8,11-14H,9-10H2,1-6H3,(H,25,26,27). The average Bonchev–Trinajstić information content (AvgIpc) is 3.30. The monoisotopic (exact) mass is 507 g/mol. The summed E-state index contributed by atoms with van der Waals surface area (Å²) in [5.74, 6) is 0.551. The summed E-state index contributed by atoms with van der Waals surface area (Å²) in [6.45, 7) is 1.31. The molecule has 0 fully saturated rings. The fourth-order valence-electron chi connectivity index (χ4n) is 3.92. The van der Waals surface area contributed by atoms with E-state index in [-0.39, 0.29) is 17.2 Å². The number of nitro benzene ring substituents is 1. The maximum atomic E-state index is 13.0. The maximum Gasteiger partial charge on any atom is 0.294 e. The second-order valence-electron chi connectivity index (χ2n) is 8.92. The normalized spacial score (nSPS) is 11.2. The fourth-order valence-corrected chi connectivity index (χ4v) is 3.92. The molecule has 37 heavy (non-hydrogen) atoms. The van der Waals surface area contributed by atoms with Crippen LogP contribution >= 0.6 is 0 Å². The van der Waals surface area contributed by atoms with E-state index in [4.69, 9.17) is 4.74 Å². The van der Waals surface area contributed by atoms with Gasteiger partial charge in [0.25, 0.3) is 11.2 Å². The third kappa shape index (κ3) is 5.21. The van der Waals surface area contributed by atoms with Crippen LogP contribution in [-0.2, 0) is 14.1 Å². The van der Waals surface area contributed by atoms with Gasteiger partial charge in [-0.1, -0.05) is 0 Å². The molecule has 3 heterocycles. The highest BCUT2D eigenvalue weighted by Crippen LogP contribution is 2.39. The zero-order chi connectivity index (χ0) is 26.9. The molecule has 13 nitrogen and oxygen atoms in total. The number of rotatable bonds is 9. The number of aryl methyl sites for hydroxylation is 2. The summed E-state index contributed by atoms with van der Waals surface area (Å²) in [7, 11) is 10.6. The Morgan fingerprint density at radius 3 is 2.54 bits per heavy atom. The van der Waals surface area contributed by atoms with Gasteiger partial charge in [-0.15, -0.1) is 0 Å². The first-order valence-electron chi connectivity index (χ1n) is 11.4. The van der Waals surface area contributed by atoms with Crippen LogP contribution in [-0.4, -0.2) is 75.5 Å². The minimum atomic E-state index is -0.434. The topological polar surface area (TPSA) is 136 Å². The van der Waals surface area contributed by atoms with Gasteiger partial charge < -0.3 is 19.9 Å². The number of nitrogens with one attached hydrogen (secondary N) is 1. The molecular weight excluding hydrogens is 478 g/mol. The van der Waals surface area contributed by atoms with E-state index in [1.54, 1.807) is 56.4 Å². The number of pyridine rings is 1. The Morgan fingerprint density at radius 2 is 1.92 bits per heavy atom. The Morgan fingerprint density at radius 1 is 1.16 bits per heavy atom. The maximum absolute atomic E-state index is 13.0. The zero-order valence-corrected chi connectivity index (χ0v) is 21.6. The number of anilines is 3. The predicted molar refractivity (Wildman–Crippen MR) is 142 cm³/mol. The molecule has 0 saturated carbocycles. The van der Waals surface area contributed by atoms with Crippen molar-refractivity contribution in [1.29, 1.82) is 0 Å². The van der Waals surface area contributed by atoms with E-state index in [9.17, 15) is 14.9 Å². The zero-order valence-electron chi connectivity index (χ0n) is 21.6. The van der Waals surface area contributed by atoms with Crippen molar-refractivity contribution in [3.8, 4) is 17.0 Å². The largest absolute Gasteiger partial charge is 0.494 e. The molecule has 0 spiro atoms. The van der Waals surface area contributed by atoms with E-state index in [2.05, 4.69) is 20.4 Å². The van der Waals surface area contributed by atoms with Gasteiger partial charge in [0.05, 0.1) is 29.0 Å². The molecule has 1 aromatic carbocycles. The summed E-state index contributed by atoms with van der Waals surface area (Å²) in [5.41, 5.74) is 1.81. The molecule has 0 aliphatic rings. The lowest BCUT2D eigenvalue weighted by Crippen LogP contribution is -2.29. The van der Waals surface area contributed by atoms with Gasteiger partial charge in [-0.2, -0.15) is 10.1 Å². The second kappa shape index (κ2) is 10.2. The first-order valence-corrected chi connectivity index (χ1v) is 11.4. The molecule has 0 aliphatic carbocycles. The molecule has 0 bridgehead atoms. The molecule has 0 saturated heterocycles. The molecule has 0 atom stereocenters. The minimum absolute atomic E-state index is 0.0854. The number of benzene rings is 1. The molecule has 1 N–H and O–H groups in total. The minimum Gasteiger partial charge on any atom is -0.494 e. The fraction of sp³-hybridized carbons (Fsp3) is 0.333. The summed E-state index contributed by atoms with van der Waals surface area (Å²) >= 11 is 0. The molecule has 3 aromatic heterocycles. The Hall–Kier alpha value is -4.52. The number of nitro groups is 1. The highest BCUT2D eigenvalue weighted by atomic mass is 16.6. The van der Waals surface area contributed by atoms with Gasteiger partial charge in [0.15, 0.2) is 0 Å². The Balaban J connectivity index is 1.72. The Bertz CT molecular complexity index is 1530. The highest BCUT2D eigenvalue weighted by molar-refractivity contribution is 5.82. The molecule has 13 heteroatoms. The Labute approximate surface area is 213 Å². The summed E-state index contributed by atoms with van der Waals surface area (Å²) in [6, 6.07) is 6.48. The van der Waals surface area contributed by atoms with Crippen LogP contribution in [0.15, 0.2) is 41.5 Å². The molecule has 0 amide bonds. The third-order valence-corrected chi connectivity index (χ3v) is 5.97. The lowest BCUT2D eigenvalue weighted by molar-refractivity contribution is -0.384. The second-order valence-corrected chi connectivity index (χ2v) is 8.92. The van der Waals surface area contributed by atoms with E-state index < -0.39 is 4.92 Å². The quantitative estimate of drug-likeness (QED) is 0.266. The van der Waals surface area contributed by atoms with Crippen molar-refractivity contribution < 1.29 is 9.66 Å². The number of nitrogens with zero attached hydrogens (tertiary/aromatic N) is 8. The number of aromatic nitrogens is 5. The van der Waals surface area contributed by atoms with Crippen LogP contribution in [0.1, 0.15) is 0 Å². The highest BCUT2D eigenvalue weighted by Gasteiger charge is 2.22. The molecule has 194 valence electrons. The first kappa shape index (κ1) is 25.6. The number of fused-ring (bicyclic) bond motifs is 1. The van der Waals surface area contributed by atoms with Gasteiger partial charge >= 0.3 is 0 Å². The van der Waals surface area contributed by atoms with Crippen molar-refractivity contribution in [2.45, 2.75) is 0 Å². The van der Waals surface area contributed by atoms with Crippen molar-refractivity contribution in [3.05, 3.63) is 57.1 Å². The third-order valence-electron chi connectivity index (χ3n) is 5.97. The van der Waals surface area contributed by atoms with Crippen LogP contribution in [0, 0.1) is 10.1 Å². The van der Waals surface area contributed by atoms with Crippen molar-refractivity contribution in [1.82, 2.24) is 29.2 Å². The van der Waals surface area contributed by atoms with Gasteiger partial charge in [0.2, 0.25) is 5.95 Å². The first-order chi connectivity index (χ1) is 17.6. The lowest BCUT2D eigenvalue weighted by Gasteiger charge is -2.22. The van der Waals surface area contributed by atoms with Crippen LogP contribution in [0.5, 0.6) is 5.75 Å². The van der Waals surface area contributed by atoms with Gasteiger partial charge in [0, 0.05) is 64.1 Å². The molecule has 4 aromatic rings. The SMILES string of the molecule is COc1cc(N(C)CCN(C)C)c([N+](=O)[O-])cc1Nc1ncc2cc(-c3ccn(C)n3)c(=O)n(C)c2n1. The number of hydrogen-bond donors (Lipinski definition) is 1. The predicted octanol–water partition coefficient (Wildman–Crippen LogP) is 2.39. The summed E-state index contributed by atoms with van der Waals surface area (Å²) in [5, 5.41) is 19.9. The Kier molecular flexibility index (Phi) is 7.07. The van der Waals surface area contributed by atoms with E-state index in [0.717, 1.165) is 6.54 Å². The molecule has 0 unspecified atom stereocenters. The molecule has 0 aliphatic heterocycles. The van der Waals surface area contributed by atoms with Crippen molar-refractivity contribution >= 4 is 34.0 Å². The molecule has 0 radical (unpaired) electrons. The van der Waals surface area contributed by atoms with Crippen LogP contribution in [0.4, 0.5) is 23.0 Å². The van der Waals surface area contributed by atoms with E-state index in [0.29, 0.717) is 46.0 Å². The number of likely N-dealkylation sites (N-methyl/N-ethyl adjacent to an activating group) is 2. The van der Waals surface area contributed by atoms with Crippen LogP contribution in [0.25, 0.3) is 22.3 Å². The average molecular weight is 508 g/mol. The van der Waals surface area contributed by atoms with E-state index in [1.165, 1.54) is 17.7 Å². The van der Waals surface area contributed by atoms with Crippen LogP contribution < -0.4 is 20.5 Å². The number of ether oxygens (including phenoxy) is 1. The van der Waals surface area contributed by atoms with E-state index >= 15 is 0 Å². The van der Waals surface area contributed by atoms with Crippen molar-refractivity contribution in [2.75, 3.05) is 51.6 Å².